The number of nitrogens with zero attached hydrogens (tertiary/aromatic N) is 2. The van der Waals surface area contributed by atoms with E-state index in [2.05, 4.69) is 4.98 Å². The summed E-state index contributed by atoms with van der Waals surface area (Å²) in [4.78, 5) is 26.5. The zero-order valence-corrected chi connectivity index (χ0v) is 11.1. The van der Waals surface area contributed by atoms with E-state index in [0.29, 0.717) is 13.0 Å². The van der Waals surface area contributed by atoms with Crippen LogP contribution in [0.4, 0.5) is 5.69 Å². The molecule has 0 aliphatic rings. The van der Waals surface area contributed by atoms with E-state index in [9.17, 15) is 14.9 Å². The molecule has 0 aliphatic heterocycles. The average molecular weight is 269 g/mol. The van der Waals surface area contributed by atoms with Crippen LogP contribution in [0.15, 0.2) is 12.3 Å². The van der Waals surface area contributed by atoms with Gasteiger partial charge < -0.3 is 10.1 Å². The van der Waals surface area contributed by atoms with Crippen LogP contribution < -0.4 is 0 Å². The van der Waals surface area contributed by atoms with E-state index in [-0.39, 0.29) is 36.4 Å². The Labute approximate surface area is 111 Å². The van der Waals surface area contributed by atoms with Crippen molar-refractivity contribution < 1.29 is 14.8 Å². The van der Waals surface area contributed by atoms with Gasteiger partial charge in [-0.05, 0) is 20.3 Å². The lowest BCUT2D eigenvalue weighted by Crippen LogP contribution is -2.36. The SMILES string of the molecule is CC(C)N(CCCO)CC(=O)c1cc([N+](=O)[O-])c[nH]1. The molecule has 0 atom stereocenters. The van der Waals surface area contributed by atoms with E-state index in [0.717, 1.165) is 0 Å². The van der Waals surface area contributed by atoms with Crippen molar-refractivity contribution in [2.75, 3.05) is 19.7 Å². The molecule has 106 valence electrons. The van der Waals surface area contributed by atoms with Gasteiger partial charge in [0.15, 0.2) is 5.78 Å². The number of nitro groups is 1. The molecule has 0 spiro atoms. The Balaban J connectivity index is 2.67. The van der Waals surface area contributed by atoms with Crippen LogP contribution >= 0.6 is 0 Å². The van der Waals surface area contributed by atoms with Gasteiger partial charge in [-0.2, -0.15) is 0 Å². The first-order chi connectivity index (χ1) is 8.95. The molecule has 0 aliphatic carbocycles. The minimum Gasteiger partial charge on any atom is -0.396 e. The van der Waals surface area contributed by atoms with Crippen LogP contribution in [0.2, 0.25) is 0 Å². The maximum absolute atomic E-state index is 12.0. The van der Waals surface area contributed by atoms with Crippen LogP contribution in [-0.2, 0) is 0 Å². The highest BCUT2D eigenvalue weighted by molar-refractivity contribution is 5.96. The molecule has 0 radical (unpaired) electrons. The summed E-state index contributed by atoms with van der Waals surface area (Å²) in [6.07, 6.45) is 1.80. The van der Waals surface area contributed by atoms with E-state index in [1.54, 1.807) is 0 Å². The Morgan fingerprint density at radius 3 is 2.74 bits per heavy atom. The molecule has 1 rings (SSSR count). The van der Waals surface area contributed by atoms with Gasteiger partial charge in [-0.3, -0.25) is 19.8 Å². The topological polar surface area (TPSA) is 99.5 Å². The first kappa shape index (κ1) is 15.3. The molecule has 0 amide bonds. The molecule has 0 aromatic carbocycles. The number of Topliss-reactive ketones (excluding diaryl/α,β-unsaturated/α-hetero) is 1. The summed E-state index contributed by atoms with van der Waals surface area (Å²) in [5.41, 5.74) is 0.121. The molecule has 2 N–H and O–H groups in total. The van der Waals surface area contributed by atoms with E-state index in [4.69, 9.17) is 5.11 Å². The van der Waals surface area contributed by atoms with Crippen LogP contribution in [0.5, 0.6) is 0 Å². The van der Waals surface area contributed by atoms with Crippen LogP contribution in [0.3, 0.4) is 0 Å². The van der Waals surface area contributed by atoms with Gasteiger partial charge in [-0.25, -0.2) is 0 Å². The molecule has 0 fully saturated rings. The van der Waals surface area contributed by atoms with Crippen molar-refractivity contribution in [3.05, 3.63) is 28.1 Å². The first-order valence-corrected chi connectivity index (χ1v) is 6.16. The molecule has 19 heavy (non-hydrogen) atoms. The zero-order chi connectivity index (χ0) is 14.4. The minimum atomic E-state index is -0.542. The Kier molecular flexibility index (Phi) is 5.65. The van der Waals surface area contributed by atoms with Gasteiger partial charge >= 0.3 is 0 Å². The predicted octanol–water partition coefficient (Wildman–Crippen LogP) is 1.20. The second-order valence-corrected chi connectivity index (χ2v) is 4.59. The summed E-state index contributed by atoms with van der Waals surface area (Å²) >= 11 is 0. The number of aromatic amines is 1. The van der Waals surface area contributed by atoms with Gasteiger partial charge in [-0.1, -0.05) is 0 Å². The molecule has 1 aromatic heterocycles. The molecule has 1 heterocycles. The second kappa shape index (κ2) is 7.01. The fraction of sp³-hybridized carbons (Fsp3) is 0.583. The number of ketones is 1. The smallest absolute Gasteiger partial charge is 0.287 e. The van der Waals surface area contributed by atoms with E-state index >= 15 is 0 Å². The molecule has 0 saturated carbocycles. The minimum absolute atomic E-state index is 0.0748. The first-order valence-electron chi connectivity index (χ1n) is 6.16. The third kappa shape index (κ3) is 4.46. The lowest BCUT2D eigenvalue weighted by atomic mass is 10.2. The van der Waals surface area contributed by atoms with Crippen molar-refractivity contribution in [1.82, 2.24) is 9.88 Å². The lowest BCUT2D eigenvalue weighted by Gasteiger charge is -2.25. The Morgan fingerprint density at radius 1 is 1.58 bits per heavy atom. The largest absolute Gasteiger partial charge is 0.396 e. The van der Waals surface area contributed by atoms with Crippen LogP contribution in [0, 0.1) is 10.1 Å². The molecule has 0 unspecified atom stereocenters. The number of aliphatic hydroxyl groups is 1. The fourth-order valence-corrected chi connectivity index (χ4v) is 1.71. The van der Waals surface area contributed by atoms with Gasteiger partial charge in [0.25, 0.3) is 5.69 Å². The number of hydrogen-bond donors (Lipinski definition) is 2. The fourth-order valence-electron chi connectivity index (χ4n) is 1.71. The normalized spacial score (nSPS) is 11.2. The molecule has 7 nitrogen and oxygen atoms in total. The molecule has 0 bridgehead atoms. The van der Waals surface area contributed by atoms with E-state index < -0.39 is 4.92 Å². The number of rotatable bonds is 8. The quantitative estimate of drug-likeness (QED) is 0.419. The van der Waals surface area contributed by atoms with Crippen LogP contribution in [-0.4, -0.2) is 51.4 Å². The zero-order valence-electron chi connectivity index (χ0n) is 11.1. The number of nitrogens with one attached hydrogen (secondary N) is 1. The summed E-state index contributed by atoms with van der Waals surface area (Å²) in [5, 5.41) is 19.4. The summed E-state index contributed by atoms with van der Waals surface area (Å²) in [7, 11) is 0. The van der Waals surface area contributed by atoms with Crippen molar-refractivity contribution in [1.29, 1.82) is 0 Å². The maximum atomic E-state index is 12.0. The maximum Gasteiger partial charge on any atom is 0.287 e. The van der Waals surface area contributed by atoms with Crippen molar-refractivity contribution in [2.24, 2.45) is 0 Å². The van der Waals surface area contributed by atoms with Gasteiger partial charge in [0.1, 0.15) is 0 Å². The molecular weight excluding hydrogens is 250 g/mol. The van der Waals surface area contributed by atoms with Crippen LogP contribution in [0.1, 0.15) is 30.8 Å². The number of H-pyrrole nitrogens is 1. The summed E-state index contributed by atoms with van der Waals surface area (Å²) in [6.45, 7) is 4.78. The van der Waals surface area contributed by atoms with Crippen molar-refractivity contribution in [2.45, 2.75) is 26.3 Å². The highest BCUT2D eigenvalue weighted by atomic mass is 16.6. The predicted molar refractivity (Wildman–Crippen MR) is 70.2 cm³/mol. The van der Waals surface area contributed by atoms with Crippen molar-refractivity contribution in [3.63, 3.8) is 0 Å². The number of aliphatic hydroxyl groups excluding tert-OH is 1. The summed E-state index contributed by atoms with van der Waals surface area (Å²) in [6, 6.07) is 1.41. The molecule has 1 aromatic rings. The van der Waals surface area contributed by atoms with Gasteiger partial charge in [0.05, 0.1) is 23.4 Å². The molecule has 7 heteroatoms. The van der Waals surface area contributed by atoms with E-state index in [1.165, 1.54) is 12.3 Å². The Bertz CT molecular complexity index is 442. The molecule has 0 saturated heterocycles. The number of carbonyl (C=O) groups excluding carboxylic acids is 1. The highest BCUT2D eigenvalue weighted by Gasteiger charge is 2.18. The van der Waals surface area contributed by atoms with Gasteiger partial charge in [0, 0.05) is 25.3 Å². The third-order valence-corrected chi connectivity index (χ3v) is 2.86. The number of hydrogen-bond acceptors (Lipinski definition) is 5. The van der Waals surface area contributed by atoms with Crippen molar-refractivity contribution >= 4 is 11.5 Å². The van der Waals surface area contributed by atoms with Crippen molar-refractivity contribution in [3.8, 4) is 0 Å². The third-order valence-electron chi connectivity index (χ3n) is 2.86. The average Bonchev–Trinajstić information content (AvgIpc) is 2.83. The monoisotopic (exact) mass is 269 g/mol. The summed E-state index contributed by atoms with van der Waals surface area (Å²) < 4.78 is 0. The molecular formula is C12H19N3O4. The van der Waals surface area contributed by atoms with Gasteiger partial charge in [0.2, 0.25) is 0 Å². The standard InChI is InChI=1S/C12H19N3O4/c1-9(2)14(4-3-5-16)8-12(17)11-6-10(7-13-11)15(18)19/h6-7,9,13,16H,3-5,8H2,1-2H3. The Hall–Kier alpha value is -1.73. The Morgan fingerprint density at radius 2 is 2.26 bits per heavy atom. The highest BCUT2D eigenvalue weighted by Crippen LogP contribution is 2.13. The summed E-state index contributed by atoms with van der Waals surface area (Å²) in [5.74, 6) is -0.195. The second-order valence-electron chi connectivity index (χ2n) is 4.59. The van der Waals surface area contributed by atoms with Crippen LogP contribution in [0.25, 0.3) is 0 Å². The van der Waals surface area contributed by atoms with Gasteiger partial charge in [-0.15, -0.1) is 0 Å². The lowest BCUT2D eigenvalue weighted by molar-refractivity contribution is -0.384. The van der Waals surface area contributed by atoms with E-state index in [1.807, 2.05) is 18.7 Å². The number of carbonyl (C=O) groups is 1. The number of aromatic nitrogens is 1.